The number of H-pyrrole nitrogens is 1. The van der Waals surface area contributed by atoms with Gasteiger partial charge in [0.25, 0.3) is 5.56 Å². The molecule has 0 fully saturated rings. The maximum atomic E-state index is 13.6. The van der Waals surface area contributed by atoms with Crippen molar-refractivity contribution in [1.82, 2.24) is 24.9 Å². The fraction of sp³-hybridized carbons (Fsp3) is 0.594. The summed E-state index contributed by atoms with van der Waals surface area (Å²) in [6.45, 7) is 4.15. The Balaban J connectivity index is 1.46. The highest BCUT2D eigenvalue weighted by Gasteiger charge is 2.25. The molecular formula is C32H46Cl3N7O4. The molecular weight excluding hydrogens is 653 g/mol. The zero-order valence-corrected chi connectivity index (χ0v) is 29.1. The standard InChI is InChI=1S/C32H46Cl3N7O4/c1-3-4-5-6-7-8-9-10-11-12-13-14-15-16-17-18-19-36-32(44)37-30-29(40-22-27(42(45)46)23(2)38-40)31(43)41(39-30)28-25(34)20-24(33)21-26(28)35/h20-22,39H,3-19H2,1-2H3,(H2,36,37,44). The first kappa shape index (κ1) is 37.4. The molecule has 0 radical (unpaired) electrons. The van der Waals surface area contributed by atoms with Gasteiger partial charge in [-0.3, -0.25) is 25.3 Å². The van der Waals surface area contributed by atoms with Crippen LogP contribution >= 0.6 is 34.8 Å². The number of hydrogen-bond donors (Lipinski definition) is 3. The number of carbonyl (C=O) groups is 1. The van der Waals surface area contributed by atoms with Crippen LogP contribution in [0.25, 0.3) is 11.4 Å². The second kappa shape index (κ2) is 19.6. The van der Waals surface area contributed by atoms with Gasteiger partial charge in [0.1, 0.15) is 17.6 Å². The first-order chi connectivity index (χ1) is 22.1. The number of unbranched alkanes of at least 4 members (excludes halogenated alkanes) is 15. The Kier molecular flexibility index (Phi) is 15.9. The van der Waals surface area contributed by atoms with Crippen LogP contribution < -0.4 is 16.2 Å². The molecule has 0 aliphatic rings. The topological polar surface area (TPSA) is 140 Å². The van der Waals surface area contributed by atoms with E-state index in [2.05, 4.69) is 27.8 Å². The van der Waals surface area contributed by atoms with Crippen molar-refractivity contribution >= 4 is 52.3 Å². The smallest absolute Gasteiger partial charge is 0.320 e. The Labute approximate surface area is 285 Å². The Morgan fingerprint density at radius 1 is 0.870 bits per heavy atom. The summed E-state index contributed by atoms with van der Waals surface area (Å²) in [5.41, 5.74) is -0.946. The van der Waals surface area contributed by atoms with Crippen LogP contribution in [0.5, 0.6) is 0 Å². The normalized spacial score (nSPS) is 11.2. The van der Waals surface area contributed by atoms with Gasteiger partial charge in [0.2, 0.25) is 0 Å². The van der Waals surface area contributed by atoms with E-state index < -0.39 is 16.5 Å². The van der Waals surface area contributed by atoms with Crippen molar-refractivity contribution in [2.75, 3.05) is 11.9 Å². The number of halogens is 3. The molecule has 0 aliphatic heterocycles. The number of amides is 2. The maximum Gasteiger partial charge on any atom is 0.320 e. The van der Waals surface area contributed by atoms with E-state index in [1.807, 2.05) is 0 Å². The zero-order chi connectivity index (χ0) is 33.5. The third-order valence-corrected chi connectivity index (χ3v) is 8.72. The van der Waals surface area contributed by atoms with E-state index in [-0.39, 0.29) is 43.6 Å². The zero-order valence-electron chi connectivity index (χ0n) is 26.8. The minimum absolute atomic E-state index is 0.0473. The fourth-order valence-electron chi connectivity index (χ4n) is 5.41. The molecule has 3 rings (SSSR count). The van der Waals surface area contributed by atoms with E-state index in [1.54, 1.807) is 0 Å². The molecule has 0 aliphatic carbocycles. The quantitative estimate of drug-likeness (QED) is 0.0577. The summed E-state index contributed by atoms with van der Waals surface area (Å²) in [5.74, 6) is -0.0473. The Hall–Kier alpha value is -3.02. The van der Waals surface area contributed by atoms with Crippen molar-refractivity contribution in [3.63, 3.8) is 0 Å². The van der Waals surface area contributed by atoms with Crippen LogP contribution in [-0.2, 0) is 0 Å². The SMILES string of the molecule is CCCCCCCCCCCCCCCCCCNC(=O)Nc1[nH]n(-c2c(Cl)cc(Cl)cc2Cl)c(=O)c1-n1cc([N+](=O)[O-])c(C)n1. The molecule has 2 amide bonds. The van der Waals surface area contributed by atoms with Crippen LogP contribution in [0.4, 0.5) is 16.3 Å². The van der Waals surface area contributed by atoms with E-state index in [0.717, 1.165) is 34.8 Å². The van der Waals surface area contributed by atoms with Crippen molar-refractivity contribution in [2.24, 2.45) is 0 Å². The summed E-state index contributed by atoms with van der Waals surface area (Å²) in [5, 5.41) is 24.2. The van der Waals surface area contributed by atoms with Gasteiger partial charge in [-0.05, 0) is 25.5 Å². The fourth-order valence-corrected chi connectivity index (χ4v) is 6.40. The van der Waals surface area contributed by atoms with Gasteiger partial charge in [-0.2, -0.15) is 5.10 Å². The van der Waals surface area contributed by atoms with E-state index in [0.29, 0.717) is 6.54 Å². The van der Waals surface area contributed by atoms with Crippen molar-refractivity contribution in [2.45, 2.75) is 117 Å². The lowest BCUT2D eigenvalue weighted by Crippen LogP contribution is -2.30. The summed E-state index contributed by atoms with van der Waals surface area (Å²) in [6, 6.07) is 2.28. The molecule has 0 unspecified atom stereocenters. The minimum Gasteiger partial charge on any atom is -0.338 e. The number of urea groups is 1. The van der Waals surface area contributed by atoms with Crippen molar-refractivity contribution < 1.29 is 9.72 Å². The van der Waals surface area contributed by atoms with Crippen molar-refractivity contribution in [3.05, 3.63) is 59.6 Å². The molecule has 0 spiro atoms. The summed E-state index contributed by atoms with van der Waals surface area (Å²) in [6.07, 6.45) is 21.3. The average Bonchev–Trinajstić information content (AvgIpc) is 3.52. The summed E-state index contributed by atoms with van der Waals surface area (Å²) >= 11 is 18.7. The van der Waals surface area contributed by atoms with Gasteiger partial charge < -0.3 is 5.32 Å². The maximum absolute atomic E-state index is 13.6. The van der Waals surface area contributed by atoms with Gasteiger partial charge in [-0.15, -0.1) is 0 Å². The molecule has 0 bridgehead atoms. The predicted molar refractivity (Wildman–Crippen MR) is 187 cm³/mol. The van der Waals surface area contributed by atoms with Crippen LogP contribution in [-0.4, -0.2) is 37.1 Å². The molecule has 254 valence electrons. The Morgan fingerprint density at radius 3 is 1.85 bits per heavy atom. The number of hydrogen-bond acceptors (Lipinski definition) is 5. The van der Waals surface area contributed by atoms with Gasteiger partial charge in [-0.1, -0.05) is 138 Å². The molecule has 0 saturated carbocycles. The number of benzene rings is 1. The number of aromatic nitrogens is 4. The van der Waals surface area contributed by atoms with E-state index in [9.17, 15) is 19.7 Å². The predicted octanol–water partition coefficient (Wildman–Crippen LogP) is 9.91. The Bertz CT molecular complexity index is 1460. The lowest BCUT2D eigenvalue weighted by Gasteiger charge is -2.09. The Morgan fingerprint density at radius 2 is 1.37 bits per heavy atom. The minimum atomic E-state index is -0.698. The second-order valence-corrected chi connectivity index (χ2v) is 12.9. The molecule has 0 saturated heterocycles. The molecule has 3 aromatic rings. The van der Waals surface area contributed by atoms with Gasteiger partial charge in [-0.25, -0.2) is 14.2 Å². The van der Waals surface area contributed by atoms with Crippen molar-refractivity contribution in [3.8, 4) is 11.4 Å². The number of nitrogens with one attached hydrogen (secondary N) is 3. The first-order valence-electron chi connectivity index (χ1n) is 16.4. The number of aromatic amines is 1. The number of carbonyl (C=O) groups excluding carboxylic acids is 1. The second-order valence-electron chi connectivity index (χ2n) is 11.7. The molecule has 46 heavy (non-hydrogen) atoms. The van der Waals surface area contributed by atoms with Crippen molar-refractivity contribution in [1.29, 1.82) is 0 Å². The summed E-state index contributed by atoms with van der Waals surface area (Å²) in [7, 11) is 0. The summed E-state index contributed by atoms with van der Waals surface area (Å²) in [4.78, 5) is 37.2. The third-order valence-electron chi connectivity index (χ3n) is 7.92. The highest BCUT2D eigenvalue weighted by atomic mass is 35.5. The van der Waals surface area contributed by atoms with Crippen LogP contribution in [0.2, 0.25) is 15.1 Å². The molecule has 3 N–H and O–H groups in total. The monoisotopic (exact) mass is 697 g/mol. The molecule has 2 aromatic heterocycles. The highest BCUT2D eigenvalue weighted by Crippen LogP contribution is 2.32. The van der Waals surface area contributed by atoms with Gasteiger partial charge in [0, 0.05) is 11.6 Å². The molecule has 11 nitrogen and oxygen atoms in total. The van der Waals surface area contributed by atoms with Gasteiger partial charge in [0.05, 0.1) is 15.0 Å². The van der Waals surface area contributed by atoms with Gasteiger partial charge >= 0.3 is 11.7 Å². The number of rotatable bonds is 21. The third kappa shape index (κ3) is 11.3. The molecule has 2 heterocycles. The van der Waals surface area contributed by atoms with Crippen LogP contribution in [0.15, 0.2) is 23.1 Å². The van der Waals surface area contributed by atoms with Crippen LogP contribution in [0.1, 0.15) is 115 Å². The first-order valence-corrected chi connectivity index (χ1v) is 17.5. The molecule has 0 atom stereocenters. The number of anilines is 1. The molecule has 1 aromatic carbocycles. The van der Waals surface area contributed by atoms with E-state index in [1.165, 1.54) is 103 Å². The summed E-state index contributed by atoms with van der Waals surface area (Å²) < 4.78 is 2.08. The van der Waals surface area contributed by atoms with E-state index >= 15 is 0 Å². The molecule has 14 heteroatoms. The number of nitro groups is 1. The lowest BCUT2D eigenvalue weighted by molar-refractivity contribution is -0.385. The van der Waals surface area contributed by atoms with Crippen LogP contribution in [0, 0.1) is 17.0 Å². The van der Waals surface area contributed by atoms with E-state index in [4.69, 9.17) is 34.8 Å². The largest absolute Gasteiger partial charge is 0.338 e. The average molecular weight is 699 g/mol. The number of aryl methyl sites for hydroxylation is 1. The highest BCUT2D eigenvalue weighted by molar-refractivity contribution is 6.40. The lowest BCUT2D eigenvalue weighted by atomic mass is 10.0. The van der Waals surface area contributed by atoms with Gasteiger partial charge in [0.15, 0.2) is 11.5 Å². The number of nitrogens with zero attached hydrogens (tertiary/aromatic N) is 4. The van der Waals surface area contributed by atoms with Crippen LogP contribution in [0.3, 0.4) is 0 Å².